The van der Waals surface area contributed by atoms with Crippen LogP contribution in [-0.2, 0) is 4.79 Å². The predicted octanol–water partition coefficient (Wildman–Crippen LogP) is -3.65. The van der Waals surface area contributed by atoms with Crippen molar-refractivity contribution in [3.8, 4) is 5.75 Å². The Balaban J connectivity index is 0. The van der Waals surface area contributed by atoms with Gasteiger partial charge in [0.1, 0.15) is 0 Å². The number of carbonyl (C=O) groups is 2. The molecule has 0 aliphatic rings. The maximum Gasteiger partial charge on any atom is 1.00 e. The van der Waals surface area contributed by atoms with Gasteiger partial charge in [0.25, 0.3) is 0 Å². The number of hydrogen-bond acceptors (Lipinski definition) is 5. The Morgan fingerprint density at radius 2 is 1.78 bits per heavy atom. The van der Waals surface area contributed by atoms with Crippen LogP contribution in [0.15, 0.2) is 36.4 Å². The van der Waals surface area contributed by atoms with Gasteiger partial charge in [-0.25, -0.2) is 0 Å². The van der Waals surface area contributed by atoms with Crippen LogP contribution < -0.4 is 51.1 Å². The summed E-state index contributed by atoms with van der Waals surface area (Å²) in [7, 11) is 0. The van der Waals surface area contributed by atoms with Crippen LogP contribution in [0.4, 0.5) is 0 Å². The van der Waals surface area contributed by atoms with Crippen molar-refractivity contribution in [1.82, 2.24) is 0 Å². The van der Waals surface area contributed by atoms with E-state index in [9.17, 15) is 14.7 Å². The number of amides is 1. The van der Waals surface area contributed by atoms with Crippen LogP contribution in [0.5, 0.6) is 5.75 Å². The minimum absolute atomic E-state index is 0. The fourth-order valence-electron chi connectivity index (χ4n) is 0.738. The Kier molecular flexibility index (Phi) is 10.2. The monoisotopic (exact) mass is 260 g/mol. The number of hydrogen-bond donors (Lipinski definition) is 2. The van der Waals surface area contributed by atoms with Crippen LogP contribution in [-0.4, -0.2) is 11.9 Å². The molecule has 1 rings (SSSR count). The molecular weight excluding hydrogens is 247 g/mol. The molecule has 0 unspecified atom stereocenters. The average molecular weight is 260 g/mol. The summed E-state index contributed by atoms with van der Waals surface area (Å²) in [6.45, 7) is 4.85. The molecule has 0 saturated heterocycles. The molecule has 0 aromatic heterocycles. The standard InChI is InChI=1S/C7H7NO3.C4H7NO.Na/c8-11-6-4-2-1-3-5(6)7(9)10;1-3(2)4(5)6;/h1-4H,8H2,(H,9,10);1H2,2H3,(H2,5,6);/q;;+1/p-1. The molecule has 1 aromatic carbocycles. The van der Waals surface area contributed by atoms with Crippen molar-refractivity contribution in [3.63, 3.8) is 0 Å². The van der Waals surface area contributed by atoms with Crippen LogP contribution in [0, 0.1) is 0 Å². The van der Waals surface area contributed by atoms with Gasteiger partial charge in [-0.05, 0) is 19.1 Å². The third-order valence-corrected chi connectivity index (χ3v) is 1.65. The van der Waals surface area contributed by atoms with Gasteiger partial charge < -0.3 is 20.5 Å². The molecule has 0 spiro atoms. The molecule has 6 nitrogen and oxygen atoms in total. The molecule has 0 atom stereocenters. The summed E-state index contributed by atoms with van der Waals surface area (Å²) < 4.78 is 0. The second-order valence-electron chi connectivity index (χ2n) is 3.05. The molecule has 0 heterocycles. The third kappa shape index (κ3) is 7.08. The van der Waals surface area contributed by atoms with Gasteiger partial charge >= 0.3 is 29.6 Å². The summed E-state index contributed by atoms with van der Waals surface area (Å²) in [6.07, 6.45) is 0. The molecule has 1 amide bonds. The first-order valence-corrected chi connectivity index (χ1v) is 4.52. The van der Waals surface area contributed by atoms with Gasteiger partial charge in [0, 0.05) is 11.1 Å². The van der Waals surface area contributed by atoms with Crippen molar-refractivity contribution in [1.29, 1.82) is 0 Å². The zero-order valence-electron chi connectivity index (χ0n) is 10.3. The van der Waals surface area contributed by atoms with Crippen molar-refractivity contribution < 1.29 is 49.1 Å². The molecule has 0 aliphatic heterocycles. The molecule has 0 radical (unpaired) electrons. The van der Waals surface area contributed by atoms with Gasteiger partial charge in [0.15, 0.2) is 5.75 Å². The molecule has 0 saturated carbocycles. The van der Waals surface area contributed by atoms with E-state index in [1.54, 1.807) is 19.1 Å². The second-order valence-corrected chi connectivity index (χ2v) is 3.05. The first-order valence-electron chi connectivity index (χ1n) is 4.52. The van der Waals surface area contributed by atoms with E-state index in [-0.39, 0.29) is 40.9 Å². The fourth-order valence-corrected chi connectivity index (χ4v) is 0.738. The third-order valence-electron chi connectivity index (χ3n) is 1.65. The number of carbonyl (C=O) groups excluding carboxylic acids is 2. The SMILES string of the molecule is C=C(C)C(N)=O.NOc1ccccc1C(=O)[O-].[Na+]. The second kappa shape index (κ2) is 9.67. The average Bonchev–Trinajstić information content (AvgIpc) is 2.29. The van der Waals surface area contributed by atoms with Gasteiger partial charge in [-0.15, -0.1) is 0 Å². The topological polar surface area (TPSA) is 118 Å². The maximum absolute atomic E-state index is 10.3. The van der Waals surface area contributed by atoms with E-state index in [0.717, 1.165) is 0 Å². The van der Waals surface area contributed by atoms with E-state index < -0.39 is 11.9 Å². The molecule has 4 N–H and O–H groups in total. The zero-order chi connectivity index (χ0) is 13.4. The van der Waals surface area contributed by atoms with Gasteiger partial charge in [-0.2, -0.15) is 5.90 Å². The van der Waals surface area contributed by atoms with Crippen molar-refractivity contribution in [2.75, 3.05) is 0 Å². The minimum atomic E-state index is -1.30. The summed E-state index contributed by atoms with van der Waals surface area (Å²) >= 11 is 0. The minimum Gasteiger partial charge on any atom is -0.545 e. The van der Waals surface area contributed by atoms with Crippen LogP contribution in [0.1, 0.15) is 17.3 Å². The van der Waals surface area contributed by atoms with E-state index in [1.165, 1.54) is 12.1 Å². The Morgan fingerprint density at radius 3 is 2.06 bits per heavy atom. The number of primary amides is 1. The Hall–Kier alpha value is -1.34. The summed E-state index contributed by atoms with van der Waals surface area (Å²) in [6, 6.07) is 5.99. The molecule has 18 heavy (non-hydrogen) atoms. The zero-order valence-corrected chi connectivity index (χ0v) is 12.3. The Labute approximate surface area is 127 Å². The van der Waals surface area contributed by atoms with Crippen LogP contribution in [0.2, 0.25) is 0 Å². The smallest absolute Gasteiger partial charge is 0.545 e. The number of carboxylic acids is 1. The number of para-hydroxylation sites is 1. The summed E-state index contributed by atoms with van der Waals surface area (Å²) in [5.41, 5.74) is 5.05. The molecule has 7 heteroatoms. The van der Waals surface area contributed by atoms with Gasteiger partial charge in [0.05, 0.1) is 5.97 Å². The first kappa shape index (κ1) is 19.0. The molecule has 0 fully saturated rings. The normalized spacial score (nSPS) is 8.11. The number of aromatic carboxylic acids is 1. The maximum atomic E-state index is 10.3. The fraction of sp³-hybridized carbons (Fsp3) is 0.0909. The van der Waals surface area contributed by atoms with Crippen molar-refractivity contribution in [3.05, 3.63) is 42.0 Å². The van der Waals surface area contributed by atoms with Crippen LogP contribution in [0.3, 0.4) is 0 Å². The molecule has 0 bridgehead atoms. The Bertz CT molecular complexity index is 423. The quantitative estimate of drug-likeness (QED) is 0.330. The number of rotatable bonds is 3. The summed E-state index contributed by atoms with van der Waals surface area (Å²) in [4.78, 5) is 24.4. The predicted molar refractivity (Wildman–Crippen MR) is 59.6 cm³/mol. The summed E-state index contributed by atoms with van der Waals surface area (Å²) in [5, 5.41) is 10.3. The number of carboxylic acid groups (broad SMARTS) is 1. The van der Waals surface area contributed by atoms with E-state index in [2.05, 4.69) is 11.4 Å². The number of nitrogens with two attached hydrogens (primary N) is 2. The Morgan fingerprint density at radius 1 is 1.33 bits per heavy atom. The van der Waals surface area contributed by atoms with Crippen molar-refractivity contribution in [2.45, 2.75) is 6.92 Å². The van der Waals surface area contributed by atoms with Gasteiger partial charge in [0.2, 0.25) is 5.91 Å². The largest absolute Gasteiger partial charge is 1.00 e. The molecule has 1 aromatic rings. The van der Waals surface area contributed by atoms with Crippen molar-refractivity contribution >= 4 is 11.9 Å². The van der Waals surface area contributed by atoms with Gasteiger partial charge in [-0.3, -0.25) is 4.79 Å². The van der Waals surface area contributed by atoms with Crippen LogP contribution in [0.25, 0.3) is 0 Å². The van der Waals surface area contributed by atoms with E-state index in [4.69, 9.17) is 11.6 Å². The number of benzene rings is 1. The van der Waals surface area contributed by atoms with Gasteiger partial charge in [-0.1, -0.05) is 18.7 Å². The molecule has 0 aliphatic carbocycles. The van der Waals surface area contributed by atoms with Crippen LogP contribution >= 0.6 is 0 Å². The molecular formula is C11H13N2NaO4. The summed E-state index contributed by atoms with van der Waals surface area (Å²) in [5.74, 6) is 3.17. The van der Waals surface area contributed by atoms with E-state index >= 15 is 0 Å². The van der Waals surface area contributed by atoms with Crippen molar-refractivity contribution in [2.24, 2.45) is 11.6 Å². The first-order chi connectivity index (χ1) is 7.90. The van der Waals surface area contributed by atoms with E-state index in [0.29, 0.717) is 5.57 Å². The molecule has 92 valence electrons. The van der Waals surface area contributed by atoms with E-state index in [1.807, 2.05) is 0 Å².